The third kappa shape index (κ3) is 4.43. The van der Waals surface area contributed by atoms with Crippen LogP contribution in [0.2, 0.25) is 5.02 Å². The summed E-state index contributed by atoms with van der Waals surface area (Å²) in [6.07, 6.45) is 0. The highest BCUT2D eigenvalue weighted by molar-refractivity contribution is 6.30. The number of carbonyl (C=O) groups excluding carboxylic acids is 1. The van der Waals surface area contributed by atoms with Crippen molar-refractivity contribution in [3.8, 4) is 11.5 Å². The van der Waals surface area contributed by atoms with Crippen molar-refractivity contribution in [2.24, 2.45) is 0 Å². The molecule has 7 heteroatoms. The van der Waals surface area contributed by atoms with Crippen molar-refractivity contribution in [1.82, 2.24) is 5.32 Å². The largest absolute Gasteiger partial charge is 0.450 e. The van der Waals surface area contributed by atoms with Gasteiger partial charge in [-0.3, -0.25) is 14.9 Å². The number of hydrogen-bond acceptors (Lipinski definition) is 4. The summed E-state index contributed by atoms with van der Waals surface area (Å²) in [5, 5.41) is 14.1. The van der Waals surface area contributed by atoms with Crippen molar-refractivity contribution >= 4 is 23.2 Å². The lowest BCUT2D eigenvalue weighted by Gasteiger charge is -2.09. The zero-order chi connectivity index (χ0) is 17.0. The number of carbonyl (C=O) groups is 1. The lowest BCUT2D eigenvalue weighted by atomic mass is 10.2. The molecule has 23 heavy (non-hydrogen) atoms. The lowest BCUT2D eigenvalue weighted by molar-refractivity contribution is -0.385. The van der Waals surface area contributed by atoms with Gasteiger partial charge in [-0.1, -0.05) is 11.6 Å². The molecule has 0 aromatic heterocycles. The molecule has 0 heterocycles. The summed E-state index contributed by atoms with van der Waals surface area (Å²) in [5.41, 5.74) is 0.260. The summed E-state index contributed by atoms with van der Waals surface area (Å²) in [7, 11) is 0. The number of nitro benzene ring substituents is 1. The number of nitrogens with one attached hydrogen (secondary N) is 1. The van der Waals surface area contributed by atoms with Gasteiger partial charge in [0, 0.05) is 22.7 Å². The second kappa shape index (κ2) is 7.11. The Hall–Kier alpha value is -2.60. The Kier molecular flexibility index (Phi) is 5.18. The van der Waals surface area contributed by atoms with Crippen molar-refractivity contribution < 1.29 is 14.5 Å². The summed E-state index contributed by atoms with van der Waals surface area (Å²) in [6, 6.07) is 10.5. The van der Waals surface area contributed by atoms with Gasteiger partial charge < -0.3 is 10.1 Å². The van der Waals surface area contributed by atoms with E-state index in [1.54, 1.807) is 24.3 Å². The SMILES string of the molecule is CC(C)NC(=O)c1ccc(Oc2ccc(Cl)cc2[N+](=O)[O-])cc1. The Morgan fingerprint density at radius 3 is 2.43 bits per heavy atom. The molecule has 0 unspecified atom stereocenters. The van der Waals surface area contributed by atoms with E-state index in [0.29, 0.717) is 11.3 Å². The maximum absolute atomic E-state index is 11.8. The molecule has 0 aliphatic heterocycles. The number of nitro groups is 1. The Balaban J connectivity index is 2.19. The fourth-order valence-electron chi connectivity index (χ4n) is 1.87. The highest BCUT2D eigenvalue weighted by Gasteiger charge is 2.16. The summed E-state index contributed by atoms with van der Waals surface area (Å²) in [5.74, 6) is 0.277. The van der Waals surface area contributed by atoms with Crippen molar-refractivity contribution in [1.29, 1.82) is 0 Å². The minimum absolute atomic E-state index is 0.0372. The molecule has 0 saturated carbocycles. The third-order valence-electron chi connectivity index (χ3n) is 2.88. The first-order valence-electron chi connectivity index (χ1n) is 6.89. The normalized spacial score (nSPS) is 10.4. The molecule has 6 nitrogen and oxygen atoms in total. The van der Waals surface area contributed by atoms with Crippen LogP contribution < -0.4 is 10.1 Å². The van der Waals surface area contributed by atoms with E-state index in [2.05, 4.69) is 5.32 Å². The predicted octanol–water partition coefficient (Wildman–Crippen LogP) is 4.18. The van der Waals surface area contributed by atoms with Gasteiger partial charge >= 0.3 is 5.69 Å². The molecule has 0 saturated heterocycles. The van der Waals surface area contributed by atoms with Crippen LogP contribution >= 0.6 is 11.6 Å². The van der Waals surface area contributed by atoms with Crippen molar-refractivity contribution in [2.75, 3.05) is 0 Å². The highest BCUT2D eigenvalue weighted by Crippen LogP contribution is 2.33. The number of benzene rings is 2. The summed E-state index contributed by atoms with van der Waals surface area (Å²) in [6.45, 7) is 3.74. The van der Waals surface area contributed by atoms with Crippen molar-refractivity contribution in [3.63, 3.8) is 0 Å². The van der Waals surface area contributed by atoms with Crippen LogP contribution in [0.5, 0.6) is 11.5 Å². The van der Waals surface area contributed by atoms with E-state index < -0.39 is 4.92 Å². The number of amides is 1. The van der Waals surface area contributed by atoms with Crippen LogP contribution in [0.25, 0.3) is 0 Å². The molecule has 0 bridgehead atoms. The average molecular weight is 335 g/mol. The summed E-state index contributed by atoms with van der Waals surface area (Å²) in [4.78, 5) is 22.3. The topological polar surface area (TPSA) is 81.5 Å². The van der Waals surface area contributed by atoms with Crippen molar-refractivity contribution in [3.05, 3.63) is 63.2 Å². The number of nitrogens with zero attached hydrogens (tertiary/aromatic N) is 1. The molecule has 0 radical (unpaired) electrons. The van der Waals surface area contributed by atoms with Crippen LogP contribution in [0.1, 0.15) is 24.2 Å². The first kappa shape index (κ1) is 16.8. The second-order valence-electron chi connectivity index (χ2n) is 5.12. The molecule has 0 spiro atoms. The monoisotopic (exact) mass is 334 g/mol. The average Bonchev–Trinajstić information content (AvgIpc) is 2.49. The zero-order valence-electron chi connectivity index (χ0n) is 12.6. The van der Waals surface area contributed by atoms with E-state index in [1.165, 1.54) is 18.2 Å². The van der Waals surface area contributed by atoms with E-state index >= 15 is 0 Å². The zero-order valence-corrected chi connectivity index (χ0v) is 13.3. The second-order valence-corrected chi connectivity index (χ2v) is 5.56. The van der Waals surface area contributed by atoms with E-state index in [-0.39, 0.29) is 28.4 Å². The van der Waals surface area contributed by atoms with Crippen LogP contribution in [0.15, 0.2) is 42.5 Å². The molecule has 0 aliphatic rings. The smallest absolute Gasteiger partial charge is 0.313 e. The van der Waals surface area contributed by atoms with Crippen LogP contribution in [0.4, 0.5) is 5.69 Å². The molecule has 0 atom stereocenters. The van der Waals surface area contributed by atoms with Gasteiger partial charge in [0.05, 0.1) is 4.92 Å². The van der Waals surface area contributed by atoms with Crippen LogP contribution in [-0.2, 0) is 0 Å². The van der Waals surface area contributed by atoms with Crippen LogP contribution in [0, 0.1) is 10.1 Å². The van der Waals surface area contributed by atoms with E-state index in [0.717, 1.165) is 0 Å². The first-order valence-corrected chi connectivity index (χ1v) is 7.27. The fourth-order valence-corrected chi connectivity index (χ4v) is 2.03. The minimum Gasteiger partial charge on any atom is -0.450 e. The maximum atomic E-state index is 11.8. The van der Waals surface area contributed by atoms with Crippen LogP contribution in [-0.4, -0.2) is 16.9 Å². The maximum Gasteiger partial charge on any atom is 0.313 e. The number of halogens is 1. The van der Waals surface area contributed by atoms with Crippen molar-refractivity contribution in [2.45, 2.75) is 19.9 Å². The minimum atomic E-state index is -0.564. The molecule has 2 rings (SSSR count). The Bertz CT molecular complexity index is 729. The van der Waals surface area contributed by atoms with Crippen LogP contribution in [0.3, 0.4) is 0 Å². The fraction of sp³-hybridized carbons (Fsp3) is 0.188. The molecule has 2 aromatic carbocycles. The standard InChI is InChI=1S/C16H15ClN2O4/c1-10(2)18-16(20)11-3-6-13(7-4-11)23-15-8-5-12(17)9-14(15)19(21)22/h3-10H,1-2H3,(H,18,20). The number of ether oxygens (including phenoxy) is 1. The Morgan fingerprint density at radius 2 is 1.87 bits per heavy atom. The van der Waals surface area contributed by atoms with Gasteiger partial charge in [0.15, 0.2) is 0 Å². The molecule has 0 fully saturated rings. The molecular formula is C16H15ClN2O4. The number of hydrogen-bond donors (Lipinski definition) is 1. The molecule has 120 valence electrons. The van der Waals surface area contributed by atoms with Gasteiger partial charge in [0.1, 0.15) is 5.75 Å². The third-order valence-corrected chi connectivity index (χ3v) is 3.12. The van der Waals surface area contributed by atoms with Gasteiger partial charge in [-0.25, -0.2) is 0 Å². The Labute approximate surface area is 138 Å². The molecule has 1 amide bonds. The van der Waals surface area contributed by atoms with Gasteiger partial charge in [0.2, 0.25) is 5.75 Å². The van der Waals surface area contributed by atoms with E-state index in [4.69, 9.17) is 16.3 Å². The van der Waals surface area contributed by atoms with E-state index in [1.807, 2.05) is 13.8 Å². The lowest BCUT2D eigenvalue weighted by Crippen LogP contribution is -2.29. The van der Waals surface area contributed by atoms with E-state index in [9.17, 15) is 14.9 Å². The highest BCUT2D eigenvalue weighted by atomic mass is 35.5. The summed E-state index contributed by atoms with van der Waals surface area (Å²) >= 11 is 5.76. The molecule has 1 N–H and O–H groups in total. The predicted molar refractivity (Wildman–Crippen MR) is 87.2 cm³/mol. The number of rotatable bonds is 5. The quantitative estimate of drug-likeness (QED) is 0.657. The van der Waals surface area contributed by atoms with Gasteiger partial charge in [-0.2, -0.15) is 0 Å². The first-order chi connectivity index (χ1) is 10.9. The van der Waals surface area contributed by atoms with Gasteiger partial charge in [-0.15, -0.1) is 0 Å². The summed E-state index contributed by atoms with van der Waals surface area (Å²) < 4.78 is 5.51. The molecule has 0 aliphatic carbocycles. The molecular weight excluding hydrogens is 320 g/mol. The Morgan fingerprint density at radius 1 is 1.22 bits per heavy atom. The van der Waals surface area contributed by atoms with Gasteiger partial charge in [0.25, 0.3) is 5.91 Å². The molecule has 2 aromatic rings. The van der Waals surface area contributed by atoms with Gasteiger partial charge in [-0.05, 0) is 50.2 Å².